The van der Waals surface area contributed by atoms with Crippen LogP contribution in [0.15, 0.2) is 39.9 Å². The molecule has 0 spiro atoms. The molecule has 1 aromatic heterocycles. The standard InChI is InChI=1S/C18H20FN3O3/c19-14-6-4-11(5-7-14)8-12-2-1-3-15(12)20-16(23)9-13-10-17(24)21-22-18(13)25/h4-7,10,12,15H,1-3,8-9H2,(H,20,23)(H,21,24)(H,22,25)/t12-,15-/m1/s1. The molecule has 2 aromatic rings. The van der Waals surface area contributed by atoms with Crippen LogP contribution in [0.3, 0.4) is 0 Å². The van der Waals surface area contributed by atoms with Crippen LogP contribution < -0.4 is 16.4 Å². The fraction of sp³-hybridized carbons (Fsp3) is 0.389. The average Bonchev–Trinajstić information content (AvgIpc) is 3.00. The second kappa shape index (κ2) is 7.46. The highest BCUT2D eigenvalue weighted by Gasteiger charge is 2.28. The molecule has 1 saturated carbocycles. The first kappa shape index (κ1) is 17.1. The summed E-state index contributed by atoms with van der Waals surface area (Å²) in [5.74, 6) is -0.248. The van der Waals surface area contributed by atoms with Gasteiger partial charge in [0.05, 0.1) is 6.42 Å². The van der Waals surface area contributed by atoms with Crippen LogP contribution in [0.2, 0.25) is 0 Å². The molecule has 25 heavy (non-hydrogen) atoms. The van der Waals surface area contributed by atoms with Gasteiger partial charge < -0.3 is 5.32 Å². The monoisotopic (exact) mass is 345 g/mol. The van der Waals surface area contributed by atoms with Crippen molar-refractivity contribution in [3.8, 4) is 0 Å². The number of halogens is 1. The topological polar surface area (TPSA) is 94.8 Å². The van der Waals surface area contributed by atoms with E-state index in [1.54, 1.807) is 12.1 Å². The van der Waals surface area contributed by atoms with Gasteiger partial charge >= 0.3 is 0 Å². The minimum Gasteiger partial charge on any atom is -0.353 e. The van der Waals surface area contributed by atoms with Crippen LogP contribution in [0.25, 0.3) is 0 Å². The van der Waals surface area contributed by atoms with E-state index >= 15 is 0 Å². The van der Waals surface area contributed by atoms with Gasteiger partial charge in [-0.05, 0) is 42.9 Å². The number of aromatic nitrogens is 2. The van der Waals surface area contributed by atoms with Crippen molar-refractivity contribution in [1.29, 1.82) is 0 Å². The first-order chi connectivity index (χ1) is 12.0. The first-order valence-electron chi connectivity index (χ1n) is 8.36. The average molecular weight is 345 g/mol. The molecule has 2 atom stereocenters. The van der Waals surface area contributed by atoms with Gasteiger partial charge in [0.25, 0.3) is 11.1 Å². The molecule has 1 amide bonds. The van der Waals surface area contributed by atoms with Crippen LogP contribution >= 0.6 is 0 Å². The third-order valence-corrected chi connectivity index (χ3v) is 4.66. The summed E-state index contributed by atoms with van der Waals surface area (Å²) in [6.45, 7) is 0. The first-order valence-corrected chi connectivity index (χ1v) is 8.36. The van der Waals surface area contributed by atoms with Gasteiger partial charge in [-0.1, -0.05) is 18.6 Å². The van der Waals surface area contributed by atoms with Crippen molar-refractivity contribution in [3.05, 3.63) is 68.0 Å². The van der Waals surface area contributed by atoms with Crippen LogP contribution in [-0.2, 0) is 17.6 Å². The van der Waals surface area contributed by atoms with E-state index in [9.17, 15) is 18.8 Å². The van der Waals surface area contributed by atoms with E-state index < -0.39 is 11.1 Å². The lowest BCUT2D eigenvalue weighted by molar-refractivity contribution is -0.121. The minimum atomic E-state index is -0.468. The van der Waals surface area contributed by atoms with Gasteiger partial charge in [-0.15, -0.1) is 0 Å². The predicted molar refractivity (Wildman–Crippen MR) is 90.8 cm³/mol. The SMILES string of the molecule is O=C(Cc1cc(=O)[nH][nH]c1=O)N[C@@H]1CCC[C@@H]1Cc1ccc(F)cc1. The number of aromatic amines is 2. The molecule has 1 aromatic carbocycles. The molecule has 0 radical (unpaired) electrons. The van der Waals surface area contributed by atoms with Gasteiger partial charge in [0.2, 0.25) is 5.91 Å². The van der Waals surface area contributed by atoms with Gasteiger partial charge in [0, 0.05) is 17.7 Å². The maximum absolute atomic E-state index is 13.0. The summed E-state index contributed by atoms with van der Waals surface area (Å²) < 4.78 is 13.0. The Hall–Kier alpha value is -2.70. The lowest BCUT2D eigenvalue weighted by atomic mass is 9.94. The van der Waals surface area contributed by atoms with Crippen molar-refractivity contribution in [2.75, 3.05) is 0 Å². The smallest absolute Gasteiger partial charge is 0.266 e. The van der Waals surface area contributed by atoms with E-state index in [0.717, 1.165) is 37.3 Å². The normalized spacial score (nSPS) is 19.7. The molecule has 0 saturated heterocycles. The third kappa shape index (κ3) is 4.43. The zero-order valence-electron chi connectivity index (χ0n) is 13.7. The highest BCUT2D eigenvalue weighted by Crippen LogP contribution is 2.29. The van der Waals surface area contributed by atoms with Crippen LogP contribution in [0.5, 0.6) is 0 Å². The lowest BCUT2D eigenvalue weighted by Gasteiger charge is -2.21. The molecular formula is C18H20FN3O3. The predicted octanol–water partition coefficient (Wildman–Crippen LogP) is 1.27. The Morgan fingerprint density at radius 3 is 2.68 bits per heavy atom. The van der Waals surface area contributed by atoms with Gasteiger partial charge in [-0.3, -0.25) is 24.6 Å². The molecule has 1 fully saturated rings. The molecule has 7 heteroatoms. The quantitative estimate of drug-likeness (QED) is 0.762. The number of carbonyl (C=O) groups is 1. The van der Waals surface area contributed by atoms with Crippen molar-refractivity contribution >= 4 is 5.91 Å². The van der Waals surface area contributed by atoms with E-state index in [1.165, 1.54) is 12.1 Å². The van der Waals surface area contributed by atoms with Gasteiger partial charge in [-0.2, -0.15) is 0 Å². The largest absolute Gasteiger partial charge is 0.353 e. The van der Waals surface area contributed by atoms with E-state index in [0.29, 0.717) is 0 Å². The molecule has 132 valence electrons. The van der Waals surface area contributed by atoms with Gasteiger partial charge in [-0.25, -0.2) is 4.39 Å². The summed E-state index contributed by atoms with van der Waals surface area (Å²) in [5.41, 5.74) is 0.273. The Labute approximate surface area is 143 Å². The molecule has 3 rings (SSSR count). The molecule has 6 nitrogen and oxygen atoms in total. The maximum atomic E-state index is 13.0. The number of rotatable bonds is 5. The summed E-state index contributed by atoms with van der Waals surface area (Å²) in [4.78, 5) is 35.2. The molecule has 0 aliphatic heterocycles. The Bertz CT molecular complexity index is 857. The second-order valence-corrected chi connectivity index (χ2v) is 6.49. The highest BCUT2D eigenvalue weighted by molar-refractivity contribution is 5.78. The maximum Gasteiger partial charge on any atom is 0.266 e. The van der Waals surface area contributed by atoms with Gasteiger partial charge in [0.15, 0.2) is 0 Å². The number of H-pyrrole nitrogens is 2. The fourth-order valence-electron chi connectivity index (χ4n) is 3.42. The fourth-order valence-corrected chi connectivity index (χ4v) is 3.42. The Kier molecular flexibility index (Phi) is 5.11. The van der Waals surface area contributed by atoms with E-state index in [-0.39, 0.29) is 35.7 Å². The summed E-state index contributed by atoms with van der Waals surface area (Å²) >= 11 is 0. The molecule has 1 aliphatic rings. The zero-order chi connectivity index (χ0) is 17.8. The van der Waals surface area contributed by atoms with Crippen LogP contribution in [-0.4, -0.2) is 22.1 Å². The molecule has 0 bridgehead atoms. The molecule has 0 unspecified atom stereocenters. The lowest BCUT2D eigenvalue weighted by Crippen LogP contribution is -2.40. The number of carbonyl (C=O) groups excluding carboxylic acids is 1. The van der Waals surface area contributed by atoms with Crippen molar-refractivity contribution in [2.24, 2.45) is 5.92 Å². The number of hydrogen-bond donors (Lipinski definition) is 3. The second-order valence-electron chi connectivity index (χ2n) is 6.49. The van der Waals surface area contributed by atoms with Crippen LogP contribution in [0.1, 0.15) is 30.4 Å². The molecule has 3 N–H and O–H groups in total. The molecule has 1 aliphatic carbocycles. The number of benzene rings is 1. The number of hydrogen-bond acceptors (Lipinski definition) is 3. The van der Waals surface area contributed by atoms with E-state index in [2.05, 4.69) is 15.5 Å². The summed E-state index contributed by atoms with van der Waals surface area (Å²) in [5, 5.41) is 7.36. The molecule has 1 heterocycles. The highest BCUT2D eigenvalue weighted by atomic mass is 19.1. The van der Waals surface area contributed by atoms with Crippen molar-refractivity contribution in [2.45, 2.75) is 38.1 Å². The third-order valence-electron chi connectivity index (χ3n) is 4.66. The minimum absolute atomic E-state index is 0.0265. The summed E-state index contributed by atoms with van der Waals surface area (Å²) in [6.07, 6.45) is 3.54. The van der Waals surface area contributed by atoms with Crippen LogP contribution in [0, 0.1) is 11.7 Å². The summed E-state index contributed by atoms with van der Waals surface area (Å²) in [7, 11) is 0. The Morgan fingerprint density at radius 2 is 1.92 bits per heavy atom. The van der Waals surface area contributed by atoms with E-state index in [1.807, 2.05) is 0 Å². The molecular weight excluding hydrogens is 325 g/mol. The zero-order valence-corrected chi connectivity index (χ0v) is 13.7. The Morgan fingerprint density at radius 1 is 1.16 bits per heavy atom. The van der Waals surface area contributed by atoms with Crippen molar-refractivity contribution < 1.29 is 9.18 Å². The van der Waals surface area contributed by atoms with E-state index in [4.69, 9.17) is 0 Å². The Balaban J connectivity index is 1.61. The van der Waals surface area contributed by atoms with Crippen molar-refractivity contribution in [1.82, 2.24) is 15.5 Å². The summed E-state index contributed by atoms with van der Waals surface area (Å²) in [6, 6.07) is 7.58. The van der Waals surface area contributed by atoms with Crippen molar-refractivity contribution in [3.63, 3.8) is 0 Å². The van der Waals surface area contributed by atoms with Gasteiger partial charge in [0.1, 0.15) is 5.82 Å². The number of nitrogens with one attached hydrogen (secondary N) is 3. The number of amides is 1. The van der Waals surface area contributed by atoms with Crippen LogP contribution in [0.4, 0.5) is 4.39 Å².